The van der Waals surface area contributed by atoms with Crippen LogP contribution in [0.4, 0.5) is 0 Å². The van der Waals surface area contributed by atoms with E-state index in [1.54, 1.807) is 14.2 Å². The molecule has 0 saturated carbocycles. The summed E-state index contributed by atoms with van der Waals surface area (Å²) in [6.45, 7) is 8.95. The fourth-order valence-electron chi connectivity index (χ4n) is 1.91. The van der Waals surface area contributed by atoms with Crippen molar-refractivity contribution in [2.75, 3.05) is 20.8 Å². The lowest BCUT2D eigenvalue weighted by Gasteiger charge is -2.21. The number of nitrogens with zero attached hydrogens (tertiary/aromatic N) is 1. The van der Waals surface area contributed by atoms with Crippen molar-refractivity contribution >= 4 is 5.96 Å². The average Bonchev–Trinajstić information content (AvgIpc) is 2.44. The average molecular weight is 309 g/mol. The lowest BCUT2D eigenvalue weighted by Crippen LogP contribution is -2.44. The summed E-state index contributed by atoms with van der Waals surface area (Å²) in [6, 6.07) is 3.75. The van der Waals surface area contributed by atoms with Gasteiger partial charge in [-0.3, -0.25) is 0 Å². The van der Waals surface area contributed by atoms with Crippen LogP contribution in [-0.2, 0) is 6.54 Å². The Hall–Kier alpha value is -2.11. The van der Waals surface area contributed by atoms with Crippen molar-refractivity contribution in [1.29, 1.82) is 0 Å². The number of guanidine groups is 1. The van der Waals surface area contributed by atoms with Crippen LogP contribution in [0.25, 0.3) is 0 Å². The van der Waals surface area contributed by atoms with Gasteiger partial charge in [-0.05, 0) is 45.4 Å². The number of nitrogens with one attached hydrogen (secondary N) is 1. The van der Waals surface area contributed by atoms with Crippen LogP contribution in [0.15, 0.2) is 17.1 Å². The zero-order valence-corrected chi connectivity index (χ0v) is 14.3. The molecular formula is C16H27N3O3. The molecule has 0 radical (unpaired) electrons. The van der Waals surface area contributed by atoms with Crippen LogP contribution in [0.3, 0.4) is 0 Å². The third kappa shape index (κ3) is 5.35. The Labute approximate surface area is 132 Å². The molecule has 0 bridgehead atoms. The molecule has 0 aliphatic heterocycles. The molecule has 0 spiro atoms. The minimum absolute atomic E-state index is 0.123. The molecule has 0 heterocycles. The van der Waals surface area contributed by atoms with Gasteiger partial charge in [-0.25, -0.2) is 4.99 Å². The monoisotopic (exact) mass is 309 g/mol. The van der Waals surface area contributed by atoms with Gasteiger partial charge in [0.15, 0.2) is 17.5 Å². The summed E-state index contributed by atoms with van der Waals surface area (Å²) in [4.78, 5) is 4.34. The number of methoxy groups -OCH3 is 2. The van der Waals surface area contributed by atoms with E-state index in [9.17, 15) is 0 Å². The summed E-state index contributed by atoms with van der Waals surface area (Å²) in [6.07, 6.45) is 0. The molecule has 124 valence electrons. The number of hydrogen-bond donors (Lipinski definition) is 2. The molecule has 0 unspecified atom stereocenters. The van der Waals surface area contributed by atoms with Crippen LogP contribution in [0.2, 0.25) is 0 Å². The van der Waals surface area contributed by atoms with Crippen LogP contribution in [-0.4, -0.2) is 32.3 Å². The lowest BCUT2D eigenvalue weighted by atomic mass is 10.1. The summed E-state index contributed by atoms with van der Waals surface area (Å²) >= 11 is 0. The second-order valence-corrected chi connectivity index (χ2v) is 5.84. The smallest absolute Gasteiger partial charge is 0.203 e. The Bertz CT molecular complexity index is 497. The molecule has 0 amide bonds. The molecule has 6 nitrogen and oxygen atoms in total. The van der Waals surface area contributed by atoms with E-state index in [2.05, 4.69) is 10.3 Å². The molecule has 3 N–H and O–H groups in total. The Balaban J connectivity index is 2.99. The molecular weight excluding hydrogens is 282 g/mol. The molecule has 0 aliphatic carbocycles. The van der Waals surface area contributed by atoms with Crippen molar-refractivity contribution in [3.63, 3.8) is 0 Å². The number of nitrogens with two attached hydrogens (primary N) is 1. The highest BCUT2D eigenvalue weighted by molar-refractivity contribution is 5.78. The van der Waals surface area contributed by atoms with Crippen LogP contribution in [0, 0.1) is 0 Å². The Kier molecular flexibility index (Phi) is 6.34. The zero-order valence-electron chi connectivity index (χ0n) is 14.3. The number of rotatable bonds is 6. The van der Waals surface area contributed by atoms with E-state index in [0.29, 0.717) is 36.4 Å². The molecule has 1 aromatic rings. The van der Waals surface area contributed by atoms with Crippen molar-refractivity contribution < 1.29 is 14.2 Å². The predicted octanol–water partition coefficient (Wildman–Crippen LogP) is 2.31. The van der Waals surface area contributed by atoms with Gasteiger partial charge < -0.3 is 25.3 Å². The Morgan fingerprint density at radius 1 is 1.18 bits per heavy atom. The van der Waals surface area contributed by atoms with Crippen LogP contribution in [0.1, 0.15) is 33.3 Å². The first-order valence-corrected chi connectivity index (χ1v) is 7.26. The maximum Gasteiger partial charge on any atom is 0.203 e. The van der Waals surface area contributed by atoms with Gasteiger partial charge in [-0.1, -0.05) is 0 Å². The summed E-state index contributed by atoms with van der Waals surface area (Å²) in [5.41, 5.74) is 6.68. The van der Waals surface area contributed by atoms with E-state index in [4.69, 9.17) is 19.9 Å². The number of benzene rings is 1. The quantitative estimate of drug-likeness (QED) is 0.623. The van der Waals surface area contributed by atoms with E-state index < -0.39 is 0 Å². The van der Waals surface area contributed by atoms with Crippen molar-refractivity contribution in [3.8, 4) is 17.2 Å². The minimum Gasteiger partial charge on any atom is -0.493 e. The fraction of sp³-hybridized carbons (Fsp3) is 0.562. The minimum atomic E-state index is -0.123. The van der Waals surface area contributed by atoms with Crippen molar-refractivity contribution in [2.45, 2.75) is 39.8 Å². The molecule has 22 heavy (non-hydrogen) atoms. The number of aliphatic imine (C=N–C) groups is 1. The van der Waals surface area contributed by atoms with Crippen molar-refractivity contribution in [3.05, 3.63) is 17.7 Å². The van der Waals surface area contributed by atoms with Gasteiger partial charge in [0, 0.05) is 5.54 Å². The maximum absolute atomic E-state index is 5.88. The molecule has 6 heteroatoms. The highest BCUT2D eigenvalue weighted by atomic mass is 16.5. The number of ether oxygens (including phenoxy) is 3. The topological polar surface area (TPSA) is 78.1 Å². The zero-order chi connectivity index (χ0) is 16.8. The van der Waals surface area contributed by atoms with Gasteiger partial charge in [-0.2, -0.15) is 0 Å². The third-order valence-corrected chi connectivity index (χ3v) is 2.74. The van der Waals surface area contributed by atoms with E-state index in [-0.39, 0.29) is 5.54 Å². The maximum atomic E-state index is 5.88. The molecule has 1 aromatic carbocycles. The van der Waals surface area contributed by atoms with Gasteiger partial charge in [0.25, 0.3) is 0 Å². The lowest BCUT2D eigenvalue weighted by molar-refractivity contribution is 0.288. The second-order valence-electron chi connectivity index (χ2n) is 5.84. The van der Waals surface area contributed by atoms with Crippen LogP contribution in [0.5, 0.6) is 17.2 Å². The van der Waals surface area contributed by atoms with Crippen molar-refractivity contribution in [2.24, 2.45) is 10.7 Å². The van der Waals surface area contributed by atoms with E-state index in [1.807, 2.05) is 39.8 Å². The Morgan fingerprint density at radius 3 is 2.14 bits per heavy atom. The van der Waals surface area contributed by atoms with Crippen molar-refractivity contribution in [1.82, 2.24) is 5.32 Å². The summed E-state index contributed by atoms with van der Waals surface area (Å²) in [5, 5.41) is 3.12. The van der Waals surface area contributed by atoms with Gasteiger partial charge in [0.2, 0.25) is 5.75 Å². The van der Waals surface area contributed by atoms with E-state index in [1.165, 1.54) is 0 Å². The summed E-state index contributed by atoms with van der Waals surface area (Å²) in [7, 11) is 3.19. The van der Waals surface area contributed by atoms with Gasteiger partial charge >= 0.3 is 0 Å². The molecule has 1 rings (SSSR count). The van der Waals surface area contributed by atoms with Gasteiger partial charge in [-0.15, -0.1) is 0 Å². The Morgan fingerprint density at radius 2 is 1.73 bits per heavy atom. The first-order valence-electron chi connectivity index (χ1n) is 7.26. The van der Waals surface area contributed by atoms with Gasteiger partial charge in [0.1, 0.15) is 0 Å². The molecule has 0 aliphatic rings. The normalized spacial score (nSPS) is 12.0. The largest absolute Gasteiger partial charge is 0.493 e. The highest BCUT2D eigenvalue weighted by Gasteiger charge is 2.14. The number of hydrogen-bond acceptors (Lipinski definition) is 4. The fourth-order valence-corrected chi connectivity index (χ4v) is 1.91. The highest BCUT2D eigenvalue weighted by Crippen LogP contribution is 2.38. The van der Waals surface area contributed by atoms with Crippen LogP contribution >= 0.6 is 0 Å². The first-order chi connectivity index (χ1) is 10.3. The molecule has 0 aromatic heterocycles. The standard InChI is InChI=1S/C16H27N3O3/c1-7-22-14-12(20-5)8-11(9-13(14)21-6)10-18-15(17)19-16(2,3)4/h8-9H,7,10H2,1-6H3,(H3,17,18,19). The van der Waals surface area contributed by atoms with Gasteiger partial charge in [0.05, 0.1) is 27.4 Å². The van der Waals surface area contributed by atoms with E-state index in [0.717, 1.165) is 5.56 Å². The molecule has 0 atom stereocenters. The third-order valence-electron chi connectivity index (χ3n) is 2.74. The van der Waals surface area contributed by atoms with E-state index >= 15 is 0 Å². The summed E-state index contributed by atoms with van der Waals surface area (Å²) in [5.74, 6) is 2.24. The predicted molar refractivity (Wildman–Crippen MR) is 88.9 cm³/mol. The van der Waals surface area contributed by atoms with Crippen LogP contribution < -0.4 is 25.3 Å². The first kappa shape index (κ1) is 17.9. The summed E-state index contributed by atoms with van der Waals surface area (Å²) < 4.78 is 16.3. The second kappa shape index (κ2) is 7.77. The SMILES string of the molecule is CCOc1c(OC)cc(CN=C(N)NC(C)(C)C)cc1OC. The molecule has 0 saturated heterocycles. The molecule has 0 fully saturated rings.